The fourth-order valence-corrected chi connectivity index (χ4v) is 1.66. The van der Waals surface area contributed by atoms with Crippen molar-refractivity contribution in [1.29, 1.82) is 0 Å². The van der Waals surface area contributed by atoms with Crippen LogP contribution in [0.3, 0.4) is 0 Å². The molecule has 0 unspecified atom stereocenters. The van der Waals surface area contributed by atoms with Crippen LogP contribution >= 0.6 is 0 Å². The fourth-order valence-electron chi connectivity index (χ4n) is 1.66. The summed E-state index contributed by atoms with van der Waals surface area (Å²) in [6.45, 7) is 2.30. The summed E-state index contributed by atoms with van der Waals surface area (Å²) in [7, 11) is 0. The molecule has 1 aromatic carbocycles. The topological polar surface area (TPSA) is 84.3 Å². The summed E-state index contributed by atoms with van der Waals surface area (Å²) in [5.74, 6) is -0.293. The molecular weight excluding hydrogens is 234 g/mol. The summed E-state index contributed by atoms with van der Waals surface area (Å²) >= 11 is 0. The first-order valence-electron chi connectivity index (χ1n) is 5.95. The van der Waals surface area contributed by atoms with Crippen LogP contribution in [0.15, 0.2) is 18.2 Å². The molecule has 0 atom stereocenters. The molecule has 1 aromatic rings. The van der Waals surface area contributed by atoms with Gasteiger partial charge in [-0.15, -0.1) is 0 Å². The van der Waals surface area contributed by atoms with Crippen LogP contribution in [-0.4, -0.2) is 23.4 Å². The van der Waals surface area contributed by atoms with Gasteiger partial charge in [-0.2, -0.15) is 0 Å². The van der Waals surface area contributed by atoms with Crippen molar-refractivity contribution in [2.75, 3.05) is 11.9 Å². The molecule has 0 saturated heterocycles. The van der Waals surface area contributed by atoms with Crippen LogP contribution in [0, 0.1) is 10.1 Å². The summed E-state index contributed by atoms with van der Waals surface area (Å²) < 4.78 is 0. The van der Waals surface area contributed by atoms with Crippen molar-refractivity contribution in [3.05, 3.63) is 33.9 Å². The molecule has 1 saturated carbocycles. The van der Waals surface area contributed by atoms with Crippen LogP contribution in [-0.2, 0) is 0 Å². The van der Waals surface area contributed by atoms with E-state index in [4.69, 9.17) is 0 Å². The monoisotopic (exact) mass is 249 g/mol. The second kappa shape index (κ2) is 5.03. The van der Waals surface area contributed by atoms with Crippen LogP contribution in [0.5, 0.6) is 0 Å². The first-order chi connectivity index (χ1) is 8.61. The predicted octanol–water partition coefficient (Wildman–Crippen LogP) is 1.92. The number of nitrogens with zero attached hydrogens (tertiary/aromatic N) is 1. The van der Waals surface area contributed by atoms with E-state index in [-0.39, 0.29) is 11.6 Å². The summed E-state index contributed by atoms with van der Waals surface area (Å²) in [6.07, 6.45) is 2.07. The minimum Gasteiger partial charge on any atom is -0.377 e. The van der Waals surface area contributed by atoms with Crippen molar-refractivity contribution < 1.29 is 9.72 Å². The Balaban J connectivity index is 2.26. The van der Waals surface area contributed by atoms with Gasteiger partial charge in [0.05, 0.1) is 4.92 Å². The number of anilines is 1. The van der Waals surface area contributed by atoms with Crippen LogP contribution in [0.25, 0.3) is 0 Å². The van der Waals surface area contributed by atoms with Crippen molar-refractivity contribution >= 4 is 17.3 Å². The van der Waals surface area contributed by atoms with E-state index < -0.39 is 4.92 Å². The number of nitro groups is 1. The van der Waals surface area contributed by atoms with Gasteiger partial charge in [0.25, 0.3) is 11.6 Å². The number of hydrogen-bond donors (Lipinski definition) is 2. The lowest BCUT2D eigenvalue weighted by Gasteiger charge is -2.07. The fraction of sp³-hybridized carbons (Fsp3) is 0.417. The highest BCUT2D eigenvalue weighted by Gasteiger charge is 2.25. The zero-order valence-corrected chi connectivity index (χ0v) is 10.1. The normalized spacial score (nSPS) is 14.1. The zero-order chi connectivity index (χ0) is 13.1. The molecule has 96 valence electrons. The average molecular weight is 249 g/mol. The number of nitro benzene ring substituents is 1. The summed E-state index contributed by atoms with van der Waals surface area (Å²) in [4.78, 5) is 22.1. The highest BCUT2D eigenvalue weighted by molar-refractivity contribution is 5.95. The summed E-state index contributed by atoms with van der Waals surface area (Å²) in [5.41, 5.74) is 0.742. The van der Waals surface area contributed by atoms with E-state index in [0.29, 0.717) is 23.8 Å². The van der Waals surface area contributed by atoms with Crippen molar-refractivity contribution in [2.24, 2.45) is 0 Å². The van der Waals surface area contributed by atoms with E-state index in [9.17, 15) is 14.9 Å². The van der Waals surface area contributed by atoms with Crippen molar-refractivity contribution in [1.82, 2.24) is 5.32 Å². The van der Waals surface area contributed by atoms with E-state index in [1.165, 1.54) is 6.07 Å². The number of hydrogen-bond acceptors (Lipinski definition) is 4. The number of nitrogens with one attached hydrogen (secondary N) is 2. The first kappa shape index (κ1) is 12.3. The molecule has 6 nitrogen and oxygen atoms in total. The Morgan fingerprint density at radius 3 is 2.78 bits per heavy atom. The van der Waals surface area contributed by atoms with Gasteiger partial charge >= 0.3 is 0 Å². The van der Waals surface area contributed by atoms with Gasteiger partial charge < -0.3 is 10.6 Å². The van der Waals surface area contributed by atoms with Gasteiger partial charge in [-0.25, -0.2) is 0 Å². The molecule has 0 spiro atoms. The third kappa shape index (κ3) is 2.77. The smallest absolute Gasteiger partial charge is 0.293 e. The number of carbonyl (C=O) groups excluding carboxylic acids is 1. The minimum absolute atomic E-state index is 0.0503. The Bertz CT molecular complexity index is 483. The van der Waals surface area contributed by atoms with E-state index >= 15 is 0 Å². The van der Waals surface area contributed by atoms with Gasteiger partial charge in [-0.05, 0) is 31.9 Å². The Hall–Kier alpha value is -2.11. The van der Waals surface area contributed by atoms with Crippen LogP contribution < -0.4 is 10.6 Å². The maximum absolute atomic E-state index is 11.6. The molecule has 6 heteroatoms. The molecule has 2 N–H and O–H groups in total. The largest absolute Gasteiger partial charge is 0.377 e. The van der Waals surface area contributed by atoms with E-state index in [1.807, 2.05) is 0 Å². The number of rotatable bonds is 5. The summed E-state index contributed by atoms with van der Waals surface area (Å²) in [6, 6.07) is 4.85. The molecule has 1 fully saturated rings. The van der Waals surface area contributed by atoms with Crippen molar-refractivity contribution in [3.63, 3.8) is 0 Å². The molecule has 1 amide bonds. The average Bonchev–Trinajstić information content (AvgIpc) is 3.13. The SMILES string of the molecule is CCNC(=O)c1ccc(NC2CC2)c([N+](=O)[O-])c1. The summed E-state index contributed by atoms with van der Waals surface area (Å²) in [5, 5.41) is 16.7. The van der Waals surface area contributed by atoms with Crippen molar-refractivity contribution in [2.45, 2.75) is 25.8 Å². The molecule has 2 rings (SSSR count). The van der Waals surface area contributed by atoms with E-state index in [1.54, 1.807) is 19.1 Å². The molecule has 1 aliphatic rings. The lowest BCUT2D eigenvalue weighted by atomic mass is 10.1. The van der Waals surface area contributed by atoms with Crippen LogP contribution in [0.4, 0.5) is 11.4 Å². The molecule has 0 radical (unpaired) electrons. The second-order valence-corrected chi connectivity index (χ2v) is 4.27. The number of benzene rings is 1. The molecule has 0 aliphatic heterocycles. The number of carbonyl (C=O) groups is 1. The van der Waals surface area contributed by atoms with Gasteiger partial charge in [0.15, 0.2) is 0 Å². The minimum atomic E-state index is -0.465. The van der Waals surface area contributed by atoms with E-state index in [0.717, 1.165) is 12.8 Å². The molecular formula is C12H15N3O3. The standard InChI is InChI=1S/C12H15N3O3/c1-2-13-12(16)8-3-6-10(14-9-4-5-9)11(7-8)15(17)18/h3,6-7,9,14H,2,4-5H2,1H3,(H,13,16). The Kier molecular flexibility index (Phi) is 3.45. The molecule has 0 aromatic heterocycles. The Labute approximate surface area is 105 Å². The number of amides is 1. The first-order valence-corrected chi connectivity index (χ1v) is 5.95. The second-order valence-electron chi connectivity index (χ2n) is 4.27. The van der Waals surface area contributed by atoms with Gasteiger partial charge in [-0.3, -0.25) is 14.9 Å². The molecule has 0 bridgehead atoms. The van der Waals surface area contributed by atoms with Gasteiger partial charge in [0, 0.05) is 24.2 Å². The third-order valence-corrected chi connectivity index (χ3v) is 2.73. The van der Waals surface area contributed by atoms with Crippen molar-refractivity contribution in [3.8, 4) is 0 Å². The molecule has 0 heterocycles. The highest BCUT2D eigenvalue weighted by Crippen LogP contribution is 2.31. The lowest BCUT2D eigenvalue weighted by molar-refractivity contribution is -0.384. The third-order valence-electron chi connectivity index (χ3n) is 2.73. The molecule has 18 heavy (non-hydrogen) atoms. The maximum atomic E-state index is 11.6. The highest BCUT2D eigenvalue weighted by atomic mass is 16.6. The van der Waals surface area contributed by atoms with Crippen LogP contribution in [0.2, 0.25) is 0 Å². The quantitative estimate of drug-likeness (QED) is 0.616. The predicted molar refractivity (Wildman–Crippen MR) is 67.7 cm³/mol. The lowest BCUT2D eigenvalue weighted by Crippen LogP contribution is -2.22. The maximum Gasteiger partial charge on any atom is 0.293 e. The Morgan fingerprint density at radius 1 is 1.50 bits per heavy atom. The zero-order valence-electron chi connectivity index (χ0n) is 10.1. The Morgan fingerprint density at radius 2 is 2.22 bits per heavy atom. The molecule has 1 aliphatic carbocycles. The van der Waals surface area contributed by atoms with Gasteiger partial charge in [0.2, 0.25) is 0 Å². The van der Waals surface area contributed by atoms with Gasteiger partial charge in [0.1, 0.15) is 5.69 Å². The van der Waals surface area contributed by atoms with E-state index in [2.05, 4.69) is 10.6 Å². The van der Waals surface area contributed by atoms with Crippen LogP contribution in [0.1, 0.15) is 30.1 Å². The van der Waals surface area contributed by atoms with Gasteiger partial charge in [-0.1, -0.05) is 0 Å².